The van der Waals surface area contributed by atoms with E-state index in [1.807, 2.05) is 0 Å². The Morgan fingerprint density at radius 3 is 2.35 bits per heavy atom. The number of hydrogen-bond acceptors (Lipinski definition) is 5. The Bertz CT molecular complexity index is 445. The first-order chi connectivity index (χ1) is 7.92. The number of methoxy groups -OCH3 is 2. The average Bonchev–Trinajstić information content (AvgIpc) is 2.60. The Balaban J connectivity index is 2.83. The first-order valence-electron chi connectivity index (χ1n) is 4.99. The highest BCUT2D eigenvalue weighted by molar-refractivity contribution is 7.89. The van der Waals surface area contributed by atoms with E-state index in [0.717, 1.165) is 0 Å². The number of rotatable bonds is 6. The molecule has 0 fully saturated rings. The molecule has 7 nitrogen and oxygen atoms in total. The first-order valence-corrected chi connectivity index (χ1v) is 6.47. The summed E-state index contributed by atoms with van der Waals surface area (Å²) in [6.45, 7) is 3.32. The smallest absolute Gasteiger partial charge is 0.244 e. The SMILES string of the molecule is COC(CNS(=O)(=O)c1c(C)n[nH]c1C)OC. The monoisotopic (exact) mass is 263 g/mol. The van der Waals surface area contributed by atoms with Gasteiger partial charge in [-0.1, -0.05) is 0 Å². The van der Waals surface area contributed by atoms with Gasteiger partial charge < -0.3 is 9.47 Å². The van der Waals surface area contributed by atoms with Gasteiger partial charge in [0.15, 0.2) is 6.29 Å². The average molecular weight is 263 g/mol. The van der Waals surface area contributed by atoms with Gasteiger partial charge in [0.25, 0.3) is 0 Å². The van der Waals surface area contributed by atoms with E-state index in [1.54, 1.807) is 13.8 Å². The van der Waals surface area contributed by atoms with Crippen LogP contribution < -0.4 is 4.72 Å². The van der Waals surface area contributed by atoms with Crippen LogP contribution in [0.3, 0.4) is 0 Å². The van der Waals surface area contributed by atoms with Crippen molar-refractivity contribution in [3.63, 3.8) is 0 Å². The van der Waals surface area contributed by atoms with Crippen LogP contribution in [0, 0.1) is 13.8 Å². The quantitative estimate of drug-likeness (QED) is 0.700. The van der Waals surface area contributed by atoms with E-state index in [1.165, 1.54) is 14.2 Å². The van der Waals surface area contributed by atoms with Crippen molar-refractivity contribution in [3.05, 3.63) is 11.4 Å². The number of nitrogens with one attached hydrogen (secondary N) is 2. The maximum atomic E-state index is 12.0. The number of aryl methyl sites for hydroxylation is 2. The van der Waals surface area contributed by atoms with Crippen LogP contribution in [-0.4, -0.2) is 45.7 Å². The molecular formula is C9H17N3O4S. The van der Waals surface area contributed by atoms with Crippen LogP contribution in [0.1, 0.15) is 11.4 Å². The molecule has 1 rings (SSSR count). The minimum Gasteiger partial charge on any atom is -0.355 e. The predicted octanol–water partition coefficient (Wildman–Crippen LogP) is -0.0763. The van der Waals surface area contributed by atoms with Crippen LogP contribution >= 0.6 is 0 Å². The minimum absolute atomic E-state index is 0.0411. The van der Waals surface area contributed by atoms with E-state index in [2.05, 4.69) is 14.9 Å². The van der Waals surface area contributed by atoms with Crippen molar-refractivity contribution in [1.82, 2.24) is 14.9 Å². The zero-order chi connectivity index (χ0) is 13.1. The molecule has 0 bridgehead atoms. The first kappa shape index (κ1) is 14.1. The van der Waals surface area contributed by atoms with Crippen LogP contribution in [0.5, 0.6) is 0 Å². The molecule has 98 valence electrons. The lowest BCUT2D eigenvalue weighted by Crippen LogP contribution is -2.34. The highest BCUT2D eigenvalue weighted by Gasteiger charge is 2.23. The van der Waals surface area contributed by atoms with Gasteiger partial charge in [-0.3, -0.25) is 5.10 Å². The summed E-state index contributed by atoms with van der Waals surface area (Å²) in [5.74, 6) is 0. The fourth-order valence-corrected chi connectivity index (χ4v) is 2.83. The largest absolute Gasteiger partial charge is 0.355 e. The Hall–Kier alpha value is -0.960. The summed E-state index contributed by atoms with van der Waals surface area (Å²) in [4.78, 5) is 0.170. The molecule has 0 amide bonds. The lowest BCUT2D eigenvalue weighted by atomic mass is 10.4. The van der Waals surface area contributed by atoms with Crippen molar-refractivity contribution in [2.24, 2.45) is 0 Å². The normalized spacial score (nSPS) is 12.3. The molecule has 0 aliphatic rings. The molecule has 0 atom stereocenters. The molecule has 8 heteroatoms. The molecule has 0 radical (unpaired) electrons. The summed E-state index contributed by atoms with van der Waals surface area (Å²) in [7, 11) is -0.715. The van der Waals surface area contributed by atoms with E-state index in [0.29, 0.717) is 11.4 Å². The Kier molecular flexibility index (Phi) is 4.63. The van der Waals surface area contributed by atoms with Crippen molar-refractivity contribution in [3.8, 4) is 0 Å². The Morgan fingerprint density at radius 1 is 1.35 bits per heavy atom. The van der Waals surface area contributed by atoms with Gasteiger partial charge in [-0.25, -0.2) is 13.1 Å². The zero-order valence-electron chi connectivity index (χ0n) is 10.3. The van der Waals surface area contributed by atoms with E-state index >= 15 is 0 Å². The maximum absolute atomic E-state index is 12.0. The number of aromatic nitrogens is 2. The number of sulfonamides is 1. The second-order valence-corrected chi connectivity index (χ2v) is 5.22. The standard InChI is InChI=1S/C9H17N3O4S/c1-6-9(7(2)12-11-6)17(13,14)10-5-8(15-3)16-4/h8,10H,5H2,1-4H3,(H,11,12). The molecule has 2 N–H and O–H groups in total. The van der Waals surface area contributed by atoms with Crippen molar-refractivity contribution >= 4 is 10.0 Å². The zero-order valence-corrected chi connectivity index (χ0v) is 11.1. The molecule has 0 spiro atoms. The molecule has 0 aromatic carbocycles. The molecule has 0 aliphatic carbocycles. The van der Waals surface area contributed by atoms with Crippen molar-refractivity contribution in [1.29, 1.82) is 0 Å². The summed E-state index contributed by atoms with van der Waals surface area (Å²) in [5, 5.41) is 6.47. The van der Waals surface area contributed by atoms with Gasteiger partial charge in [0.05, 0.1) is 17.9 Å². The fraction of sp³-hybridized carbons (Fsp3) is 0.667. The lowest BCUT2D eigenvalue weighted by Gasteiger charge is -2.14. The predicted molar refractivity (Wildman–Crippen MR) is 61.1 cm³/mol. The molecule has 0 aliphatic heterocycles. The van der Waals surface area contributed by atoms with E-state index in [9.17, 15) is 8.42 Å². The van der Waals surface area contributed by atoms with Crippen LogP contribution in [0.15, 0.2) is 4.90 Å². The highest BCUT2D eigenvalue weighted by Crippen LogP contribution is 2.16. The summed E-state index contributed by atoms with van der Waals surface area (Å²) < 4.78 is 36.2. The molecule has 1 aromatic heterocycles. The lowest BCUT2D eigenvalue weighted by molar-refractivity contribution is -0.0960. The van der Waals surface area contributed by atoms with E-state index in [4.69, 9.17) is 9.47 Å². The third-order valence-electron chi connectivity index (χ3n) is 2.30. The second-order valence-electron chi connectivity index (χ2n) is 3.52. The molecule has 1 aromatic rings. The number of nitrogens with zero attached hydrogens (tertiary/aromatic N) is 1. The van der Waals surface area contributed by atoms with Crippen LogP contribution in [0.25, 0.3) is 0 Å². The van der Waals surface area contributed by atoms with Gasteiger partial charge in [-0.05, 0) is 13.8 Å². The Morgan fingerprint density at radius 2 is 1.94 bits per heavy atom. The number of ether oxygens (including phenoxy) is 2. The second kappa shape index (κ2) is 5.58. The molecule has 1 heterocycles. The van der Waals surface area contributed by atoms with Gasteiger partial charge in [-0.2, -0.15) is 5.10 Å². The number of aromatic amines is 1. The third kappa shape index (κ3) is 3.25. The van der Waals surface area contributed by atoms with Gasteiger partial charge in [0, 0.05) is 14.2 Å². The fourth-order valence-electron chi connectivity index (χ4n) is 1.45. The summed E-state index contributed by atoms with van der Waals surface area (Å²) in [6, 6.07) is 0. The van der Waals surface area contributed by atoms with E-state index in [-0.39, 0.29) is 11.4 Å². The number of hydrogen-bond donors (Lipinski definition) is 2. The molecule has 0 saturated carbocycles. The van der Waals surface area contributed by atoms with Crippen molar-refractivity contribution in [2.45, 2.75) is 25.0 Å². The van der Waals surface area contributed by atoms with Gasteiger partial charge in [0.1, 0.15) is 4.90 Å². The van der Waals surface area contributed by atoms with Crippen molar-refractivity contribution in [2.75, 3.05) is 20.8 Å². The topological polar surface area (TPSA) is 93.3 Å². The van der Waals surface area contributed by atoms with Crippen molar-refractivity contribution < 1.29 is 17.9 Å². The third-order valence-corrected chi connectivity index (χ3v) is 3.98. The van der Waals surface area contributed by atoms with Gasteiger partial charge in [0.2, 0.25) is 10.0 Å². The van der Waals surface area contributed by atoms with Gasteiger partial charge in [-0.15, -0.1) is 0 Å². The number of H-pyrrole nitrogens is 1. The van der Waals surface area contributed by atoms with Crippen LogP contribution in [0.2, 0.25) is 0 Å². The van der Waals surface area contributed by atoms with Crippen LogP contribution in [0.4, 0.5) is 0 Å². The molecule has 17 heavy (non-hydrogen) atoms. The molecule has 0 saturated heterocycles. The summed E-state index contributed by atoms with van der Waals surface area (Å²) >= 11 is 0. The van der Waals surface area contributed by atoms with Gasteiger partial charge >= 0.3 is 0 Å². The molecule has 0 unspecified atom stereocenters. The summed E-state index contributed by atoms with van der Waals surface area (Å²) in [6.07, 6.45) is -0.614. The molecular weight excluding hydrogens is 246 g/mol. The Labute approximate surface area is 101 Å². The van der Waals surface area contributed by atoms with E-state index < -0.39 is 16.3 Å². The minimum atomic E-state index is -3.60. The maximum Gasteiger partial charge on any atom is 0.244 e. The van der Waals surface area contributed by atoms with Crippen LogP contribution in [-0.2, 0) is 19.5 Å². The summed E-state index contributed by atoms with van der Waals surface area (Å²) in [5.41, 5.74) is 0.933. The highest BCUT2D eigenvalue weighted by atomic mass is 32.2.